The van der Waals surface area contributed by atoms with Crippen LogP contribution in [-0.2, 0) is 4.84 Å². The summed E-state index contributed by atoms with van der Waals surface area (Å²) in [7, 11) is 1.37. The van der Waals surface area contributed by atoms with E-state index >= 15 is 0 Å². The number of hydrogen-bond donors (Lipinski definition) is 2. The van der Waals surface area contributed by atoms with Crippen LogP contribution >= 0.6 is 11.6 Å². The van der Waals surface area contributed by atoms with Gasteiger partial charge in [0, 0.05) is 10.4 Å². The minimum atomic E-state index is -0.427. The molecule has 0 fully saturated rings. The third-order valence-corrected chi connectivity index (χ3v) is 2.70. The fraction of sp³-hybridized carbons (Fsp3) is 0.250. The smallest absolute Gasteiger partial charge is 0.339 e. The molecule has 0 radical (unpaired) electrons. The molecule has 0 bridgehead atoms. The highest BCUT2D eigenvalue weighted by Gasteiger charge is 2.14. The number of benzene rings is 1. The lowest BCUT2D eigenvalue weighted by Crippen LogP contribution is -2.36. The number of rotatable bonds is 3. The summed E-state index contributed by atoms with van der Waals surface area (Å²) in [6.07, 6.45) is 0. The van der Waals surface area contributed by atoms with E-state index in [1.54, 1.807) is 12.1 Å². The predicted octanol–water partition coefficient (Wildman–Crippen LogP) is 3.01. The normalized spacial score (nSPS) is 12.4. The molecule has 0 saturated heterocycles. The highest BCUT2D eigenvalue weighted by Crippen LogP contribution is 2.26. The first kappa shape index (κ1) is 12.7. The van der Waals surface area contributed by atoms with Gasteiger partial charge < -0.3 is 9.73 Å². The van der Waals surface area contributed by atoms with Crippen molar-refractivity contribution in [2.45, 2.75) is 13.0 Å². The van der Waals surface area contributed by atoms with Crippen molar-refractivity contribution in [3.8, 4) is 0 Å². The van der Waals surface area contributed by atoms with Gasteiger partial charge in [0.05, 0.1) is 13.2 Å². The van der Waals surface area contributed by atoms with Gasteiger partial charge in [-0.2, -0.15) is 0 Å². The van der Waals surface area contributed by atoms with Crippen LogP contribution < -0.4 is 10.8 Å². The van der Waals surface area contributed by atoms with Crippen molar-refractivity contribution < 1.29 is 14.0 Å². The standard InChI is InChI=1S/C12H13ClN2O3/c1-7(14-12(16)15-17-2)11-6-8-5-9(13)3-4-10(8)18-11/h3-7H,1-2H3,(H2,14,15,16)/t7-/m0/s1. The molecular weight excluding hydrogens is 256 g/mol. The second-order valence-electron chi connectivity index (χ2n) is 3.83. The zero-order valence-corrected chi connectivity index (χ0v) is 10.7. The lowest BCUT2D eigenvalue weighted by Gasteiger charge is -2.10. The summed E-state index contributed by atoms with van der Waals surface area (Å²) in [4.78, 5) is 15.8. The number of urea groups is 1. The van der Waals surface area contributed by atoms with Crippen LogP contribution in [0.15, 0.2) is 28.7 Å². The predicted molar refractivity (Wildman–Crippen MR) is 68.3 cm³/mol. The molecule has 5 nitrogen and oxygen atoms in total. The van der Waals surface area contributed by atoms with Crippen molar-refractivity contribution in [2.24, 2.45) is 0 Å². The summed E-state index contributed by atoms with van der Waals surface area (Å²) in [5.41, 5.74) is 2.91. The molecule has 0 aliphatic carbocycles. The second kappa shape index (κ2) is 5.29. The molecule has 2 rings (SSSR count). The lowest BCUT2D eigenvalue weighted by molar-refractivity contribution is 0.106. The van der Waals surface area contributed by atoms with Crippen molar-refractivity contribution in [3.05, 3.63) is 35.0 Å². The van der Waals surface area contributed by atoms with E-state index in [2.05, 4.69) is 15.6 Å². The van der Waals surface area contributed by atoms with Gasteiger partial charge in [0.2, 0.25) is 0 Å². The summed E-state index contributed by atoms with van der Waals surface area (Å²) in [6, 6.07) is 6.51. The second-order valence-corrected chi connectivity index (χ2v) is 4.27. The van der Waals surface area contributed by atoms with Gasteiger partial charge in [0.25, 0.3) is 0 Å². The third-order valence-electron chi connectivity index (χ3n) is 2.47. The summed E-state index contributed by atoms with van der Waals surface area (Å²) < 4.78 is 5.62. The van der Waals surface area contributed by atoms with Crippen molar-refractivity contribution in [3.63, 3.8) is 0 Å². The molecule has 2 N–H and O–H groups in total. The molecule has 0 aliphatic heterocycles. The number of fused-ring (bicyclic) bond motifs is 1. The summed E-state index contributed by atoms with van der Waals surface area (Å²) >= 11 is 5.90. The molecule has 0 saturated carbocycles. The first-order valence-electron chi connectivity index (χ1n) is 5.38. The van der Waals surface area contributed by atoms with E-state index in [1.165, 1.54) is 7.11 Å². The fourth-order valence-electron chi connectivity index (χ4n) is 1.64. The number of furan rings is 1. The van der Waals surface area contributed by atoms with Gasteiger partial charge >= 0.3 is 6.03 Å². The molecule has 1 aromatic heterocycles. The molecule has 1 aromatic carbocycles. The summed E-state index contributed by atoms with van der Waals surface area (Å²) in [5.74, 6) is 0.651. The number of carbonyl (C=O) groups is 1. The van der Waals surface area contributed by atoms with Gasteiger partial charge in [0.15, 0.2) is 0 Å². The maximum absolute atomic E-state index is 11.3. The van der Waals surface area contributed by atoms with Crippen molar-refractivity contribution >= 4 is 28.6 Å². The monoisotopic (exact) mass is 268 g/mol. The molecule has 0 aliphatic rings. The zero-order valence-electron chi connectivity index (χ0n) is 9.99. The van der Waals surface area contributed by atoms with E-state index < -0.39 is 6.03 Å². The number of amides is 2. The minimum absolute atomic E-state index is 0.272. The largest absolute Gasteiger partial charge is 0.459 e. The van der Waals surface area contributed by atoms with Crippen LogP contribution in [0.2, 0.25) is 5.02 Å². The molecule has 18 heavy (non-hydrogen) atoms. The van der Waals surface area contributed by atoms with Crippen molar-refractivity contribution in [1.82, 2.24) is 10.8 Å². The van der Waals surface area contributed by atoms with E-state index in [0.717, 1.165) is 11.0 Å². The quantitative estimate of drug-likeness (QED) is 0.841. The van der Waals surface area contributed by atoms with Gasteiger partial charge in [-0.1, -0.05) is 11.6 Å². The topological polar surface area (TPSA) is 63.5 Å². The van der Waals surface area contributed by atoms with E-state index in [0.29, 0.717) is 10.8 Å². The Labute approximate surface area is 109 Å². The van der Waals surface area contributed by atoms with Crippen LogP contribution in [0.3, 0.4) is 0 Å². The first-order valence-corrected chi connectivity index (χ1v) is 5.76. The summed E-state index contributed by atoms with van der Waals surface area (Å²) in [5, 5.41) is 4.22. The molecule has 1 atom stereocenters. The van der Waals surface area contributed by atoms with E-state index in [1.807, 2.05) is 19.1 Å². The fourth-order valence-corrected chi connectivity index (χ4v) is 1.82. The van der Waals surface area contributed by atoms with E-state index in [9.17, 15) is 4.79 Å². The van der Waals surface area contributed by atoms with Gasteiger partial charge in [0.1, 0.15) is 11.3 Å². The van der Waals surface area contributed by atoms with Crippen LogP contribution in [0.25, 0.3) is 11.0 Å². The molecule has 6 heteroatoms. The third kappa shape index (κ3) is 2.75. The number of carbonyl (C=O) groups excluding carboxylic acids is 1. The number of hydrogen-bond acceptors (Lipinski definition) is 3. The molecule has 96 valence electrons. The Kier molecular flexibility index (Phi) is 3.74. The molecule has 2 aromatic rings. The van der Waals surface area contributed by atoms with Crippen molar-refractivity contribution in [1.29, 1.82) is 0 Å². The molecular formula is C12H13ClN2O3. The number of nitrogens with one attached hydrogen (secondary N) is 2. The Morgan fingerprint density at radius 1 is 1.44 bits per heavy atom. The molecule has 2 amide bonds. The van der Waals surface area contributed by atoms with Crippen LogP contribution in [0.1, 0.15) is 18.7 Å². The van der Waals surface area contributed by atoms with E-state index in [-0.39, 0.29) is 6.04 Å². The Morgan fingerprint density at radius 2 is 2.22 bits per heavy atom. The maximum atomic E-state index is 11.3. The molecule has 1 heterocycles. The highest BCUT2D eigenvalue weighted by molar-refractivity contribution is 6.31. The minimum Gasteiger partial charge on any atom is -0.459 e. The van der Waals surface area contributed by atoms with E-state index in [4.69, 9.17) is 16.0 Å². The first-order chi connectivity index (χ1) is 8.60. The average Bonchev–Trinajstić information content (AvgIpc) is 2.72. The zero-order chi connectivity index (χ0) is 13.1. The van der Waals surface area contributed by atoms with Gasteiger partial charge in [-0.15, -0.1) is 0 Å². The van der Waals surface area contributed by atoms with Crippen LogP contribution in [0, 0.1) is 0 Å². The van der Waals surface area contributed by atoms with Crippen LogP contribution in [0.4, 0.5) is 4.79 Å². The SMILES string of the molecule is CONC(=O)N[C@@H](C)c1cc2cc(Cl)ccc2o1. The Hall–Kier alpha value is -1.72. The van der Waals surface area contributed by atoms with Crippen molar-refractivity contribution in [2.75, 3.05) is 7.11 Å². The Morgan fingerprint density at radius 3 is 2.94 bits per heavy atom. The Balaban J connectivity index is 2.17. The van der Waals surface area contributed by atoms with Gasteiger partial charge in [-0.3, -0.25) is 4.84 Å². The number of hydroxylamine groups is 1. The lowest BCUT2D eigenvalue weighted by atomic mass is 10.2. The maximum Gasteiger partial charge on any atom is 0.339 e. The van der Waals surface area contributed by atoms with Gasteiger partial charge in [-0.05, 0) is 31.2 Å². The average molecular weight is 269 g/mol. The number of halogens is 1. The Bertz CT molecular complexity index is 567. The van der Waals surface area contributed by atoms with Crippen LogP contribution in [-0.4, -0.2) is 13.1 Å². The summed E-state index contributed by atoms with van der Waals surface area (Å²) in [6.45, 7) is 1.81. The molecule has 0 spiro atoms. The molecule has 0 unspecified atom stereocenters. The van der Waals surface area contributed by atoms with Gasteiger partial charge in [-0.25, -0.2) is 10.3 Å². The van der Waals surface area contributed by atoms with Crippen LogP contribution in [0.5, 0.6) is 0 Å². The highest BCUT2D eigenvalue weighted by atomic mass is 35.5.